The van der Waals surface area contributed by atoms with Gasteiger partial charge in [-0.2, -0.15) is 0 Å². The van der Waals surface area contributed by atoms with E-state index < -0.39 is 10.8 Å². The van der Waals surface area contributed by atoms with Gasteiger partial charge < -0.3 is 5.32 Å². The number of aromatic nitrogens is 3. The lowest BCUT2D eigenvalue weighted by Crippen LogP contribution is -2.31. The summed E-state index contributed by atoms with van der Waals surface area (Å²) in [5.41, 5.74) is 0.697. The Balaban J connectivity index is 1.87. The SMILES string of the molecule is CC(C)CNC(=O)C[S@](=O)Cc1csc(-c2ncccn2)n1. The van der Waals surface area contributed by atoms with Crippen molar-refractivity contribution in [1.29, 1.82) is 0 Å². The molecular formula is C14H18N4O2S2. The predicted octanol–water partition coefficient (Wildman–Crippen LogP) is 1.62. The van der Waals surface area contributed by atoms with Crippen molar-refractivity contribution in [3.05, 3.63) is 29.5 Å². The van der Waals surface area contributed by atoms with Crippen molar-refractivity contribution >= 4 is 28.0 Å². The van der Waals surface area contributed by atoms with Gasteiger partial charge in [0.15, 0.2) is 10.8 Å². The van der Waals surface area contributed by atoms with Gasteiger partial charge in [0.25, 0.3) is 0 Å². The van der Waals surface area contributed by atoms with Crippen molar-refractivity contribution in [3.8, 4) is 10.8 Å². The van der Waals surface area contributed by atoms with Crippen LogP contribution in [0.1, 0.15) is 19.5 Å². The zero-order chi connectivity index (χ0) is 15.9. The molecule has 0 aliphatic heterocycles. The summed E-state index contributed by atoms with van der Waals surface area (Å²) in [7, 11) is -1.27. The van der Waals surface area contributed by atoms with Gasteiger partial charge in [-0.3, -0.25) is 9.00 Å². The molecule has 0 saturated carbocycles. The maximum Gasteiger partial charge on any atom is 0.232 e. The number of rotatable bonds is 7. The molecule has 6 nitrogen and oxygen atoms in total. The van der Waals surface area contributed by atoms with E-state index in [9.17, 15) is 9.00 Å². The van der Waals surface area contributed by atoms with Crippen molar-refractivity contribution in [3.63, 3.8) is 0 Å². The summed E-state index contributed by atoms with van der Waals surface area (Å²) in [4.78, 5) is 24.3. The van der Waals surface area contributed by atoms with Crippen LogP contribution in [-0.2, 0) is 21.3 Å². The number of carbonyl (C=O) groups is 1. The second kappa shape index (κ2) is 8.09. The minimum Gasteiger partial charge on any atom is -0.355 e. The van der Waals surface area contributed by atoms with Crippen LogP contribution in [0, 0.1) is 5.92 Å². The number of thiazole rings is 1. The number of hydrogen-bond donors (Lipinski definition) is 1. The summed E-state index contributed by atoms with van der Waals surface area (Å²) in [6, 6.07) is 1.74. The molecule has 0 saturated heterocycles. The maximum absolute atomic E-state index is 12.0. The summed E-state index contributed by atoms with van der Waals surface area (Å²) >= 11 is 1.41. The largest absolute Gasteiger partial charge is 0.355 e. The first kappa shape index (κ1) is 16.7. The number of amides is 1. The summed E-state index contributed by atoms with van der Waals surface area (Å²) in [6.07, 6.45) is 3.31. The summed E-state index contributed by atoms with van der Waals surface area (Å²) in [6.45, 7) is 4.63. The lowest BCUT2D eigenvalue weighted by Gasteiger charge is -2.06. The number of nitrogens with one attached hydrogen (secondary N) is 1. The molecule has 1 amide bonds. The molecule has 8 heteroatoms. The van der Waals surface area contributed by atoms with Crippen molar-refractivity contribution in [2.45, 2.75) is 19.6 Å². The lowest BCUT2D eigenvalue weighted by atomic mass is 10.2. The van der Waals surface area contributed by atoms with E-state index >= 15 is 0 Å². The zero-order valence-electron chi connectivity index (χ0n) is 12.5. The summed E-state index contributed by atoms with van der Waals surface area (Å²) < 4.78 is 12.0. The highest BCUT2D eigenvalue weighted by Crippen LogP contribution is 2.20. The number of hydrogen-bond acceptors (Lipinski definition) is 6. The quantitative estimate of drug-likeness (QED) is 0.829. The van der Waals surface area contributed by atoms with Crippen LogP contribution in [0.4, 0.5) is 0 Å². The van der Waals surface area contributed by atoms with Crippen molar-refractivity contribution in [1.82, 2.24) is 20.3 Å². The smallest absolute Gasteiger partial charge is 0.232 e. The van der Waals surface area contributed by atoms with E-state index in [-0.39, 0.29) is 17.4 Å². The normalized spacial score (nSPS) is 12.3. The molecule has 118 valence electrons. The number of nitrogens with zero attached hydrogens (tertiary/aromatic N) is 3. The summed E-state index contributed by atoms with van der Waals surface area (Å²) in [5.74, 6) is 1.01. The maximum atomic E-state index is 12.0. The summed E-state index contributed by atoms with van der Waals surface area (Å²) in [5, 5.41) is 5.28. The molecule has 22 heavy (non-hydrogen) atoms. The second-order valence-electron chi connectivity index (χ2n) is 5.14. The molecule has 1 N–H and O–H groups in total. The van der Waals surface area contributed by atoms with E-state index in [2.05, 4.69) is 20.3 Å². The van der Waals surface area contributed by atoms with Gasteiger partial charge in [0.2, 0.25) is 5.91 Å². The Morgan fingerprint density at radius 1 is 1.36 bits per heavy atom. The van der Waals surface area contributed by atoms with E-state index in [1.165, 1.54) is 11.3 Å². The minimum absolute atomic E-state index is 0.00141. The van der Waals surface area contributed by atoms with Crippen LogP contribution < -0.4 is 5.32 Å². The van der Waals surface area contributed by atoms with Crippen LogP contribution in [0.2, 0.25) is 0 Å². The zero-order valence-corrected chi connectivity index (χ0v) is 14.1. The Hall–Kier alpha value is -1.67. The highest BCUT2D eigenvalue weighted by molar-refractivity contribution is 7.84. The van der Waals surface area contributed by atoms with Crippen molar-refractivity contribution in [2.24, 2.45) is 5.92 Å². The molecule has 0 unspecified atom stereocenters. The standard InChI is InChI=1S/C14H18N4O2S2/c1-10(2)6-17-12(19)9-22(20)8-11-7-21-14(18-11)13-15-4-3-5-16-13/h3-5,7,10H,6,8-9H2,1-2H3,(H,17,19)/t22-/m1/s1. The van der Waals surface area contributed by atoms with E-state index in [0.717, 1.165) is 0 Å². The number of carbonyl (C=O) groups excluding carboxylic acids is 1. The van der Waals surface area contributed by atoms with E-state index in [0.29, 0.717) is 29.0 Å². The fourth-order valence-corrected chi connectivity index (χ4v) is 3.46. The third-order valence-corrected chi connectivity index (χ3v) is 4.71. The molecule has 1 atom stereocenters. The Morgan fingerprint density at radius 3 is 2.77 bits per heavy atom. The predicted molar refractivity (Wildman–Crippen MR) is 87.7 cm³/mol. The van der Waals surface area contributed by atoms with Gasteiger partial charge in [-0.1, -0.05) is 13.8 Å². The third-order valence-electron chi connectivity index (χ3n) is 2.62. The molecule has 0 spiro atoms. The lowest BCUT2D eigenvalue weighted by molar-refractivity contribution is -0.118. The van der Waals surface area contributed by atoms with E-state index in [1.807, 2.05) is 19.2 Å². The molecule has 2 heterocycles. The van der Waals surface area contributed by atoms with Gasteiger partial charge in [-0.25, -0.2) is 15.0 Å². The highest BCUT2D eigenvalue weighted by Gasteiger charge is 2.12. The molecule has 2 aromatic heterocycles. The molecule has 2 aromatic rings. The van der Waals surface area contributed by atoms with E-state index in [4.69, 9.17) is 0 Å². The van der Waals surface area contributed by atoms with Gasteiger partial charge in [0.1, 0.15) is 5.75 Å². The van der Waals surface area contributed by atoms with Gasteiger partial charge in [-0.15, -0.1) is 11.3 Å². The monoisotopic (exact) mass is 338 g/mol. The van der Waals surface area contributed by atoms with Crippen molar-refractivity contribution in [2.75, 3.05) is 12.3 Å². The Morgan fingerprint density at radius 2 is 2.09 bits per heavy atom. The third kappa shape index (κ3) is 5.27. The van der Waals surface area contributed by atoms with Crippen LogP contribution in [0.5, 0.6) is 0 Å². The molecule has 0 aliphatic carbocycles. The molecule has 0 radical (unpaired) electrons. The molecule has 0 aliphatic rings. The average Bonchev–Trinajstić information content (AvgIpc) is 2.94. The van der Waals surface area contributed by atoms with Crippen LogP contribution in [0.25, 0.3) is 10.8 Å². The van der Waals surface area contributed by atoms with Crippen LogP contribution in [0.3, 0.4) is 0 Å². The Bertz CT molecular complexity index is 643. The van der Waals surface area contributed by atoms with Gasteiger partial charge >= 0.3 is 0 Å². The highest BCUT2D eigenvalue weighted by atomic mass is 32.2. The fourth-order valence-electron chi connectivity index (χ4n) is 1.62. The molecular weight excluding hydrogens is 320 g/mol. The van der Waals surface area contributed by atoms with Gasteiger partial charge in [0, 0.05) is 35.1 Å². The first-order valence-electron chi connectivity index (χ1n) is 6.88. The first-order chi connectivity index (χ1) is 10.5. The molecule has 2 rings (SSSR count). The first-order valence-corrected chi connectivity index (χ1v) is 9.25. The fraction of sp³-hybridized carbons (Fsp3) is 0.429. The molecule has 0 fully saturated rings. The molecule has 0 bridgehead atoms. The molecule has 0 aromatic carbocycles. The Kier molecular flexibility index (Phi) is 6.14. The van der Waals surface area contributed by atoms with Gasteiger partial charge in [-0.05, 0) is 12.0 Å². The van der Waals surface area contributed by atoms with Crippen LogP contribution in [0.15, 0.2) is 23.8 Å². The van der Waals surface area contributed by atoms with Crippen LogP contribution in [-0.4, -0.2) is 37.4 Å². The van der Waals surface area contributed by atoms with Gasteiger partial charge in [0.05, 0.1) is 11.4 Å². The van der Waals surface area contributed by atoms with Crippen molar-refractivity contribution < 1.29 is 9.00 Å². The van der Waals surface area contributed by atoms with E-state index in [1.54, 1.807) is 18.5 Å². The topological polar surface area (TPSA) is 84.8 Å². The Labute approximate surface area is 135 Å². The average molecular weight is 338 g/mol. The second-order valence-corrected chi connectivity index (χ2v) is 7.46. The minimum atomic E-state index is -1.27. The van der Waals surface area contributed by atoms with Crippen LogP contribution >= 0.6 is 11.3 Å².